The monoisotopic (exact) mass is 392 g/mol. The number of benzene rings is 2. The number of halogens is 2. The summed E-state index contributed by atoms with van der Waals surface area (Å²) in [5, 5.41) is 10.6. The van der Waals surface area contributed by atoms with Gasteiger partial charge in [-0.1, -0.05) is 34.1 Å². The van der Waals surface area contributed by atoms with Crippen LogP contribution in [0.3, 0.4) is 0 Å². The van der Waals surface area contributed by atoms with Gasteiger partial charge in [-0.25, -0.2) is 4.79 Å². The second-order valence-electron chi connectivity index (χ2n) is 3.14. The highest BCUT2D eigenvalue weighted by Crippen LogP contribution is 2.30. The summed E-state index contributed by atoms with van der Waals surface area (Å²) in [5.74, 6) is -1.03. The minimum atomic E-state index is -1.48. The summed E-state index contributed by atoms with van der Waals surface area (Å²) in [6.45, 7) is 0. The first-order chi connectivity index (χ1) is 7.65. The van der Waals surface area contributed by atoms with E-state index in [0.717, 1.165) is 9.86 Å². The van der Waals surface area contributed by atoms with Gasteiger partial charge in [0.25, 0.3) is 0 Å². The number of rotatable bonds is 2. The SMILES string of the molecule is O=Ic1ccc2c(Br)cccc2c1C(=O)O. The third-order valence-electron chi connectivity index (χ3n) is 2.25. The Morgan fingerprint density at radius 3 is 2.56 bits per heavy atom. The molecule has 0 heterocycles. The van der Waals surface area contributed by atoms with Crippen molar-refractivity contribution >= 4 is 53.9 Å². The fourth-order valence-corrected chi connectivity index (χ4v) is 3.14. The van der Waals surface area contributed by atoms with Crippen molar-refractivity contribution in [2.24, 2.45) is 0 Å². The van der Waals surface area contributed by atoms with Gasteiger partial charge in [0.1, 0.15) is 0 Å². The Hall–Kier alpha value is -0.820. The second-order valence-corrected chi connectivity index (χ2v) is 5.60. The summed E-state index contributed by atoms with van der Waals surface area (Å²) in [6, 6.07) is 8.76. The number of carboxylic acids is 1. The fraction of sp³-hybridized carbons (Fsp3) is 0. The number of carbonyl (C=O) groups is 1. The molecule has 3 nitrogen and oxygen atoms in total. The van der Waals surface area contributed by atoms with Gasteiger partial charge in [-0.05, 0) is 22.9 Å². The predicted octanol–water partition coefficient (Wildman–Crippen LogP) is 3.79. The largest absolute Gasteiger partial charge is 0.478 e. The third kappa shape index (κ3) is 1.89. The Morgan fingerprint density at radius 1 is 1.19 bits per heavy atom. The van der Waals surface area contributed by atoms with Crippen molar-refractivity contribution in [2.45, 2.75) is 0 Å². The van der Waals surface area contributed by atoms with Gasteiger partial charge in [-0.2, -0.15) is 0 Å². The van der Waals surface area contributed by atoms with Crippen molar-refractivity contribution < 1.29 is 13.0 Å². The summed E-state index contributed by atoms with van der Waals surface area (Å²) >= 11 is 1.89. The first kappa shape index (κ1) is 11.7. The molecule has 0 spiro atoms. The maximum Gasteiger partial charge on any atom is 0.337 e. The number of hydrogen-bond donors (Lipinski definition) is 1. The van der Waals surface area contributed by atoms with Crippen LogP contribution in [-0.2, 0) is 3.07 Å². The molecule has 0 fully saturated rings. The quantitative estimate of drug-likeness (QED) is 0.791. The van der Waals surface area contributed by atoms with Crippen LogP contribution in [0, 0.1) is 3.57 Å². The van der Waals surface area contributed by atoms with E-state index in [-0.39, 0.29) is 5.56 Å². The van der Waals surface area contributed by atoms with Crippen LogP contribution in [0.4, 0.5) is 0 Å². The molecule has 2 aromatic rings. The Bertz CT molecular complexity index is 595. The highest BCUT2D eigenvalue weighted by Gasteiger charge is 2.15. The summed E-state index contributed by atoms with van der Waals surface area (Å²) < 4.78 is 12.3. The van der Waals surface area contributed by atoms with Crippen molar-refractivity contribution in [1.82, 2.24) is 0 Å². The predicted molar refractivity (Wildman–Crippen MR) is 72.0 cm³/mol. The smallest absolute Gasteiger partial charge is 0.337 e. The Morgan fingerprint density at radius 2 is 1.94 bits per heavy atom. The van der Waals surface area contributed by atoms with Crippen LogP contribution < -0.4 is 0 Å². The molecule has 0 saturated carbocycles. The summed E-state index contributed by atoms with van der Waals surface area (Å²) in [6.07, 6.45) is 0. The first-order valence-electron chi connectivity index (χ1n) is 4.36. The number of fused-ring (bicyclic) bond motifs is 1. The molecule has 2 aromatic carbocycles. The van der Waals surface area contributed by atoms with Crippen LogP contribution in [0.1, 0.15) is 10.4 Å². The van der Waals surface area contributed by atoms with Crippen LogP contribution in [0.25, 0.3) is 10.8 Å². The highest BCUT2D eigenvalue weighted by molar-refractivity contribution is 14.1. The number of aromatic carboxylic acids is 1. The normalized spacial score (nSPS) is 10.6. The number of hydrogen-bond acceptors (Lipinski definition) is 2. The Labute approximate surface area is 110 Å². The van der Waals surface area contributed by atoms with Crippen molar-refractivity contribution in [3.05, 3.63) is 43.9 Å². The Kier molecular flexibility index (Phi) is 3.34. The molecule has 0 atom stereocenters. The van der Waals surface area contributed by atoms with E-state index in [2.05, 4.69) is 15.9 Å². The summed E-state index contributed by atoms with van der Waals surface area (Å²) in [4.78, 5) is 11.2. The van der Waals surface area contributed by atoms with Crippen molar-refractivity contribution in [3.8, 4) is 0 Å². The van der Waals surface area contributed by atoms with Gasteiger partial charge >= 0.3 is 5.97 Å². The zero-order valence-corrected chi connectivity index (χ0v) is 11.6. The van der Waals surface area contributed by atoms with Crippen LogP contribution in [-0.4, -0.2) is 11.1 Å². The van der Waals surface area contributed by atoms with Crippen LogP contribution in [0.15, 0.2) is 34.8 Å². The van der Waals surface area contributed by atoms with E-state index in [4.69, 9.17) is 5.11 Å². The van der Waals surface area contributed by atoms with Crippen LogP contribution in [0.5, 0.6) is 0 Å². The van der Waals surface area contributed by atoms with Crippen LogP contribution in [0.2, 0.25) is 0 Å². The molecule has 2 rings (SSSR count). The topological polar surface area (TPSA) is 54.4 Å². The van der Waals surface area contributed by atoms with Gasteiger partial charge in [-0.3, -0.25) is 3.07 Å². The molecular weight excluding hydrogens is 387 g/mol. The molecule has 0 radical (unpaired) electrons. The number of carboxylic acid groups (broad SMARTS) is 1. The molecule has 0 aliphatic heterocycles. The molecule has 0 aliphatic carbocycles. The van der Waals surface area contributed by atoms with E-state index in [0.29, 0.717) is 8.96 Å². The standard InChI is InChI=1S/C11H6BrIO3/c12-8-3-1-2-7-6(8)4-5-9(13-16)10(7)11(14)15/h1-5H,(H,14,15). The average molecular weight is 393 g/mol. The van der Waals surface area contributed by atoms with Gasteiger partial charge < -0.3 is 5.11 Å². The molecule has 0 amide bonds. The molecule has 0 unspecified atom stereocenters. The molecule has 0 aromatic heterocycles. The average Bonchev–Trinajstić information content (AvgIpc) is 2.27. The highest BCUT2D eigenvalue weighted by atomic mass is 127. The molecule has 82 valence electrons. The minimum absolute atomic E-state index is 0.154. The fourth-order valence-electron chi connectivity index (χ4n) is 1.57. The van der Waals surface area contributed by atoms with E-state index >= 15 is 0 Å². The van der Waals surface area contributed by atoms with Crippen LogP contribution >= 0.6 is 37.1 Å². The summed E-state index contributed by atoms with van der Waals surface area (Å²) in [5.41, 5.74) is 0.154. The molecule has 0 bridgehead atoms. The first-order valence-corrected chi connectivity index (χ1v) is 7.12. The molecular formula is C11H6BrIO3. The molecule has 0 aliphatic rings. The zero-order chi connectivity index (χ0) is 11.7. The summed E-state index contributed by atoms with van der Waals surface area (Å²) in [7, 11) is 0. The van der Waals surface area contributed by atoms with Gasteiger partial charge in [0, 0.05) is 4.47 Å². The lowest BCUT2D eigenvalue weighted by molar-refractivity contribution is 0.0698. The van der Waals surface area contributed by atoms with E-state index in [1.165, 1.54) is 0 Å². The lowest BCUT2D eigenvalue weighted by Crippen LogP contribution is -2.01. The molecule has 0 saturated heterocycles. The Balaban J connectivity index is 2.95. The van der Waals surface area contributed by atoms with Gasteiger partial charge in [0.05, 0.1) is 9.13 Å². The van der Waals surface area contributed by atoms with Gasteiger partial charge in [-0.15, -0.1) is 0 Å². The zero-order valence-electron chi connectivity index (χ0n) is 7.91. The minimum Gasteiger partial charge on any atom is -0.478 e. The molecule has 16 heavy (non-hydrogen) atoms. The van der Waals surface area contributed by atoms with Crippen molar-refractivity contribution in [3.63, 3.8) is 0 Å². The maximum atomic E-state index is 11.2. The lowest BCUT2D eigenvalue weighted by Gasteiger charge is -2.05. The molecule has 5 heteroatoms. The van der Waals surface area contributed by atoms with E-state index < -0.39 is 27.2 Å². The van der Waals surface area contributed by atoms with Crippen molar-refractivity contribution in [1.29, 1.82) is 0 Å². The lowest BCUT2D eigenvalue weighted by atomic mass is 10.1. The van der Waals surface area contributed by atoms with E-state index in [1.807, 2.05) is 6.07 Å². The maximum absolute atomic E-state index is 11.2. The third-order valence-corrected chi connectivity index (χ3v) is 4.32. The van der Waals surface area contributed by atoms with Gasteiger partial charge in [0.15, 0.2) is 21.2 Å². The van der Waals surface area contributed by atoms with E-state index in [1.54, 1.807) is 24.3 Å². The van der Waals surface area contributed by atoms with E-state index in [9.17, 15) is 7.86 Å². The van der Waals surface area contributed by atoms with Crippen molar-refractivity contribution in [2.75, 3.05) is 0 Å². The second kappa shape index (κ2) is 4.58. The van der Waals surface area contributed by atoms with Gasteiger partial charge in [0.2, 0.25) is 0 Å². The molecule has 1 N–H and O–H groups in total.